The fourth-order valence-corrected chi connectivity index (χ4v) is 1.59. The van der Waals surface area contributed by atoms with Gasteiger partial charge in [-0.15, -0.1) is 6.58 Å². The third-order valence-electron chi connectivity index (χ3n) is 2.32. The highest BCUT2D eigenvalue weighted by Crippen LogP contribution is 2.20. The average molecular weight is 231 g/mol. The first-order valence-electron chi connectivity index (χ1n) is 5.24. The maximum Gasteiger partial charge on any atom is 0.420 e. The van der Waals surface area contributed by atoms with Crippen LogP contribution in [-0.4, -0.2) is 11.2 Å². The van der Waals surface area contributed by atoms with Gasteiger partial charge in [0, 0.05) is 12.6 Å². The van der Waals surface area contributed by atoms with Gasteiger partial charge in [-0.2, -0.15) is 0 Å². The number of fused-ring (bicyclic) bond motifs is 1. The highest BCUT2D eigenvalue weighted by Gasteiger charge is 2.08. The van der Waals surface area contributed by atoms with E-state index in [4.69, 9.17) is 9.15 Å². The van der Waals surface area contributed by atoms with Crippen LogP contribution in [-0.2, 0) is 6.54 Å². The number of hydrogen-bond acceptors (Lipinski definition) is 3. The molecule has 0 radical (unpaired) electrons. The lowest BCUT2D eigenvalue weighted by Crippen LogP contribution is -2.12. The molecule has 4 heteroatoms. The van der Waals surface area contributed by atoms with Crippen LogP contribution >= 0.6 is 0 Å². The quantitative estimate of drug-likeness (QED) is 0.742. The maximum absolute atomic E-state index is 11.5. The fraction of sp³-hybridized carbons (Fsp3) is 0.154. The van der Waals surface area contributed by atoms with Gasteiger partial charge in [-0.3, -0.25) is 4.57 Å². The molecule has 0 atom stereocenters. The molecule has 0 amide bonds. The van der Waals surface area contributed by atoms with Gasteiger partial charge in [0.15, 0.2) is 5.58 Å². The van der Waals surface area contributed by atoms with Crippen LogP contribution in [0.1, 0.15) is 0 Å². The molecule has 0 saturated carbocycles. The molecule has 0 aliphatic heterocycles. The van der Waals surface area contributed by atoms with Crippen LogP contribution in [0.25, 0.3) is 11.1 Å². The molecule has 0 aliphatic rings. The van der Waals surface area contributed by atoms with Crippen molar-refractivity contribution in [2.75, 3.05) is 6.61 Å². The summed E-state index contributed by atoms with van der Waals surface area (Å²) in [5, 5.41) is 0. The monoisotopic (exact) mass is 231 g/mol. The molecule has 1 heterocycles. The van der Waals surface area contributed by atoms with E-state index in [0.29, 0.717) is 30.0 Å². The molecule has 0 unspecified atom stereocenters. The van der Waals surface area contributed by atoms with Crippen molar-refractivity contribution >= 4 is 11.1 Å². The summed E-state index contributed by atoms with van der Waals surface area (Å²) in [6.45, 7) is 8.03. The Bertz CT molecular complexity index is 607. The minimum atomic E-state index is -0.388. The zero-order valence-corrected chi connectivity index (χ0v) is 9.39. The summed E-state index contributed by atoms with van der Waals surface area (Å²) in [6.07, 6.45) is 3.31. The molecule has 2 rings (SSSR count). The highest BCUT2D eigenvalue weighted by atomic mass is 16.5. The van der Waals surface area contributed by atoms with E-state index in [9.17, 15) is 4.79 Å². The van der Waals surface area contributed by atoms with Crippen LogP contribution in [0.3, 0.4) is 0 Å². The Morgan fingerprint density at radius 3 is 2.88 bits per heavy atom. The SMILES string of the molecule is C=CCOc1ccc2oc(=O)n(CC=C)c2c1. The molecule has 17 heavy (non-hydrogen) atoms. The smallest absolute Gasteiger partial charge is 0.420 e. The highest BCUT2D eigenvalue weighted by molar-refractivity contribution is 5.74. The minimum absolute atomic E-state index is 0.388. The Balaban J connectivity index is 2.49. The van der Waals surface area contributed by atoms with Gasteiger partial charge in [0.2, 0.25) is 0 Å². The summed E-state index contributed by atoms with van der Waals surface area (Å²) in [6, 6.07) is 5.25. The molecule has 1 aromatic heterocycles. The van der Waals surface area contributed by atoms with Crippen molar-refractivity contribution in [3.63, 3.8) is 0 Å². The third kappa shape index (κ3) is 2.15. The summed E-state index contributed by atoms with van der Waals surface area (Å²) >= 11 is 0. The van der Waals surface area contributed by atoms with Crippen LogP contribution in [0.4, 0.5) is 0 Å². The van der Waals surface area contributed by atoms with Crippen LogP contribution in [0, 0.1) is 0 Å². The number of benzene rings is 1. The molecule has 0 N–H and O–H groups in total. The topological polar surface area (TPSA) is 44.4 Å². The molecule has 4 nitrogen and oxygen atoms in total. The van der Waals surface area contributed by atoms with Gasteiger partial charge in [-0.1, -0.05) is 18.7 Å². The van der Waals surface area contributed by atoms with Crippen molar-refractivity contribution < 1.29 is 9.15 Å². The van der Waals surface area contributed by atoms with Gasteiger partial charge in [-0.05, 0) is 12.1 Å². The fourth-order valence-electron chi connectivity index (χ4n) is 1.59. The Hall–Kier alpha value is -2.23. The average Bonchev–Trinajstić information content (AvgIpc) is 2.64. The Kier molecular flexibility index (Phi) is 3.14. The molecule has 88 valence electrons. The van der Waals surface area contributed by atoms with E-state index in [1.165, 1.54) is 4.57 Å². The first kappa shape index (κ1) is 11.3. The van der Waals surface area contributed by atoms with E-state index in [0.717, 1.165) is 0 Å². The molecule has 0 bridgehead atoms. The zero-order valence-electron chi connectivity index (χ0n) is 9.39. The number of ether oxygens (including phenoxy) is 1. The molecule has 1 aromatic carbocycles. The standard InChI is InChI=1S/C13H13NO3/c1-3-7-14-11-9-10(16-8-4-2)5-6-12(11)17-13(14)15/h3-6,9H,1-2,7-8H2. The van der Waals surface area contributed by atoms with E-state index >= 15 is 0 Å². The van der Waals surface area contributed by atoms with Crippen molar-refractivity contribution in [1.82, 2.24) is 4.57 Å². The third-order valence-corrected chi connectivity index (χ3v) is 2.32. The molecule has 0 spiro atoms. The summed E-state index contributed by atoms with van der Waals surface area (Å²) in [7, 11) is 0. The second-order valence-electron chi connectivity index (χ2n) is 3.50. The summed E-state index contributed by atoms with van der Waals surface area (Å²) < 4.78 is 12.0. The predicted octanol–water partition coefficient (Wildman–Crippen LogP) is 2.35. The van der Waals surface area contributed by atoms with Crippen LogP contribution in [0.2, 0.25) is 0 Å². The van der Waals surface area contributed by atoms with Crippen LogP contribution in [0.15, 0.2) is 52.7 Å². The largest absolute Gasteiger partial charge is 0.489 e. The van der Waals surface area contributed by atoms with Crippen molar-refractivity contribution in [3.8, 4) is 5.75 Å². The number of rotatable bonds is 5. The number of nitrogens with zero attached hydrogens (tertiary/aromatic N) is 1. The van der Waals surface area contributed by atoms with Gasteiger partial charge in [0.25, 0.3) is 0 Å². The first-order chi connectivity index (χ1) is 8.26. The van der Waals surface area contributed by atoms with Gasteiger partial charge < -0.3 is 9.15 Å². The number of aromatic nitrogens is 1. The van der Waals surface area contributed by atoms with Gasteiger partial charge >= 0.3 is 5.76 Å². The molecule has 0 saturated heterocycles. The first-order valence-corrected chi connectivity index (χ1v) is 5.24. The lowest BCUT2D eigenvalue weighted by atomic mass is 10.3. The summed E-state index contributed by atoms with van der Waals surface area (Å²) in [5.41, 5.74) is 1.25. The lowest BCUT2D eigenvalue weighted by molar-refractivity contribution is 0.363. The Morgan fingerprint density at radius 1 is 1.35 bits per heavy atom. The van der Waals surface area contributed by atoms with E-state index in [-0.39, 0.29) is 5.76 Å². The van der Waals surface area contributed by atoms with Crippen LogP contribution in [0.5, 0.6) is 5.75 Å². The zero-order chi connectivity index (χ0) is 12.3. The predicted molar refractivity (Wildman–Crippen MR) is 66.4 cm³/mol. The second-order valence-corrected chi connectivity index (χ2v) is 3.50. The maximum atomic E-state index is 11.5. The molecular weight excluding hydrogens is 218 g/mol. The van der Waals surface area contributed by atoms with Gasteiger partial charge in [-0.25, -0.2) is 4.79 Å². The van der Waals surface area contributed by atoms with Crippen molar-refractivity contribution in [3.05, 3.63) is 54.1 Å². The Morgan fingerprint density at radius 2 is 2.18 bits per heavy atom. The van der Waals surface area contributed by atoms with Gasteiger partial charge in [0.05, 0.1) is 5.52 Å². The molecular formula is C13H13NO3. The molecule has 2 aromatic rings. The normalized spacial score (nSPS) is 10.4. The van der Waals surface area contributed by atoms with E-state index in [1.807, 2.05) is 0 Å². The second kappa shape index (κ2) is 4.74. The summed E-state index contributed by atoms with van der Waals surface area (Å²) in [4.78, 5) is 11.5. The van der Waals surface area contributed by atoms with Crippen molar-refractivity contribution in [2.24, 2.45) is 0 Å². The Labute approximate surface area is 98.4 Å². The number of allylic oxidation sites excluding steroid dienone is 1. The van der Waals surface area contributed by atoms with E-state index in [1.54, 1.807) is 30.4 Å². The number of oxazole rings is 1. The van der Waals surface area contributed by atoms with E-state index < -0.39 is 0 Å². The van der Waals surface area contributed by atoms with Crippen molar-refractivity contribution in [2.45, 2.75) is 6.54 Å². The van der Waals surface area contributed by atoms with E-state index in [2.05, 4.69) is 13.2 Å². The molecule has 0 fully saturated rings. The lowest BCUT2D eigenvalue weighted by Gasteiger charge is -2.03. The van der Waals surface area contributed by atoms with Gasteiger partial charge in [0.1, 0.15) is 12.4 Å². The molecule has 0 aliphatic carbocycles. The number of hydrogen-bond donors (Lipinski definition) is 0. The summed E-state index contributed by atoms with van der Waals surface area (Å²) in [5.74, 6) is 0.289. The van der Waals surface area contributed by atoms with Crippen LogP contribution < -0.4 is 10.5 Å². The minimum Gasteiger partial charge on any atom is -0.489 e. The van der Waals surface area contributed by atoms with Crippen molar-refractivity contribution in [1.29, 1.82) is 0 Å².